The van der Waals surface area contributed by atoms with Gasteiger partial charge in [0.15, 0.2) is 0 Å². The minimum absolute atomic E-state index is 0.267. The largest absolute Gasteiger partial charge is 0.330 e. The molecule has 2 aromatic rings. The molecule has 0 spiro atoms. The lowest BCUT2D eigenvalue weighted by Gasteiger charge is -2.08. The molecule has 2 rings (SSSR count). The van der Waals surface area contributed by atoms with Crippen molar-refractivity contribution in [3.8, 4) is 0 Å². The second kappa shape index (κ2) is 10.4. The maximum Gasteiger partial charge on any atom is 0.319 e. The van der Waals surface area contributed by atoms with Crippen molar-refractivity contribution in [1.82, 2.24) is 0 Å². The predicted octanol–water partition coefficient (Wildman–Crippen LogP) is 2.81. The third-order valence-electron chi connectivity index (χ3n) is 3.56. The highest BCUT2D eigenvalue weighted by molar-refractivity contribution is 7.33. The molecule has 0 aromatic heterocycles. The summed E-state index contributed by atoms with van der Waals surface area (Å²) in [6.07, 6.45) is 1.64. The van der Waals surface area contributed by atoms with Crippen LogP contribution in [-0.2, 0) is 39.7 Å². The monoisotopic (exact) mass is 348 g/mol. The maximum absolute atomic E-state index is 11.9. The first-order valence-corrected chi connectivity index (χ1v) is 9.29. The molecule has 6 heteroatoms. The predicted molar refractivity (Wildman–Crippen MR) is 97.0 cm³/mol. The van der Waals surface area contributed by atoms with Gasteiger partial charge in [0, 0.05) is 0 Å². The molecule has 0 amide bonds. The highest BCUT2D eigenvalue weighted by atomic mass is 31.1. The van der Waals surface area contributed by atoms with Crippen molar-refractivity contribution in [2.24, 2.45) is 11.5 Å². The number of hydrogen-bond donors (Lipinski definition) is 2. The van der Waals surface area contributed by atoms with Crippen LogP contribution >= 0.6 is 8.25 Å². The fraction of sp³-hybridized carbons (Fsp3) is 0.333. The van der Waals surface area contributed by atoms with E-state index in [9.17, 15) is 4.57 Å². The molecule has 2 aromatic carbocycles. The fourth-order valence-corrected chi connectivity index (χ4v) is 3.06. The van der Waals surface area contributed by atoms with Crippen LogP contribution in [0.15, 0.2) is 48.5 Å². The number of benzene rings is 2. The summed E-state index contributed by atoms with van der Waals surface area (Å²) in [5, 5.41) is 0. The normalized spacial score (nSPS) is 11.1. The second-order valence-electron chi connectivity index (χ2n) is 5.54. The molecule has 0 aliphatic heterocycles. The Labute approximate surface area is 143 Å². The lowest BCUT2D eigenvalue weighted by Crippen LogP contribution is -2.03. The molecular formula is C18H25N2O3P. The van der Waals surface area contributed by atoms with Crippen molar-refractivity contribution < 1.29 is 13.6 Å². The Hall–Kier alpha value is -1.49. The van der Waals surface area contributed by atoms with E-state index >= 15 is 0 Å². The summed E-state index contributed by atoms with van der Waals surface area (Å²) in [4.78, 5) is 0. The topological polar surface area (TPSA) is 87.6 Å². The summed E-state index contributed by atoms with van der Waals surface area (Å²) >= 11 is 0. The average molecular weight is 348 g/mol. The van der Waals surface area contributed by atoms with Crippen LogP contribution in [0.1, 0.15) is 22.3 Å². The number of nitrogens with two attached hydrogens (primary N) is 2. The lowest BCUT2D eigenvalue weighted by molar-refractivity contribution is 0.213. The molecule has 0 aliphatic carbocycles. The van der Waals surface area contributed by atoms with E-state index in [1.807, 2.05) is 48.5 Å². The van der Waals surface area contributed by atoms with Crippen LogP contribution in [0.5, 0.6) is 0 Å². The van der Waals surface area contributed by atoms with Gasteiger partial charge in [-0.2, -0.15) is 0 Å². The van der Waals surface area contributed by atoms with Gasteiger partial charge in [0.2, 0.25) is 0 Å². The third-order valence-corrected chi connectivity index (χ3v) is 4.32. The Morgan fingerprint density at radius 2 is 1.17 bits per heavy atom. The lowest BCUT2D eigenvalue weighted by atomic mass is 10.1. The van der Waals surface area contributed by atoms with Crippen LogP contribution in [0.3, 0.4) is 0 Å². The minimum atomic E-state index is -2.53. The van der Waals surface area contributed by atoms with Gasteiger partial charge in [-0.25, -0.2) is 0 Å². The van der Waals surface area contributed by atoms with Crippen molar-refractivity contribution in [3.05, 3.63) is 70.8 Å². The van der Waals surface area contributed by atoms with E-state index in [1.54, 1.807) is 0 Å². The Balaban J connectivity index is 1.79. The van der Waals surface area contributed by atoms with Gasteiger partial charge in [-0.15, -0.1) is 0 Å². The minimum Gasteiger partial charge on any atom is -0.330 e. The number of hydrogen-bond acceptors (Lipinski definition) is 5. The molecule has 0 unspecified atom stereocenters. The summed E-state index contributed by atoms with van der Waals surface area (Å²) in [6, 6.07) is 15.8. The van der Waals surface area contributed by atoms with Crippen molar-refractivity contribution in [3.63, 3.8) is 0 Å². The molecule has 0 fully saturated rings. The van der Waals surface area contributed by atoms with Crippen molar-refractivity contribution in [2.75, 3.05) is 13.1 Å². The van der Waals surface area contributed by atoms with Crippen LogP contribution in [-0.4, -0.2) is 13.1 Å². The van der Waals surface area contributed by atoms with Crippen molar-refractivity contribution in [1.29, 1.82) is 0 Å². The summed E-state index contributed by atoms with van der Waals surface area (Å²) in [6.45, 7) is 1.74. The highest BCUT2D eigenvalue weighted by Gasteiger charge is 2.04. The summed E-state index contributed by atoms with van der Waals surface area (Å²) in [5.41, 5.74) is 15.3. The van der Waals surface area contributed by atoms with Gasteiger partial charge in [0.1, 0.15) is 0 Å². The summed E-state index contributed by atoms with van der Waals surface area (Å²) < 4.78 is 22.6. The Bertz CT molecular complexity index is 609. The first-order chi connectivity index (χ1) is 11.7. The van der Waals surface area contributed by atoms with E-state index in [-0.39, 0.29) is 13.2 Å². The van der Waals surface area contributed by atoms with Gasteiger partial charge in [-0.1, -0.05) is 48.5 Å². The molecule has 4 N–H and O–H groups in total. The van der Waals surface area contributed by atoms with E-state index in [2.05, 4.69) is 0 Å². The van der Waals surface area contributed by atoms with Gasteiger partial charge in [0.25, 0.3) is 0 Å². The highest BCUT2D eigenvalue weighted by Crippen LogP contribution is 2.27. The molecule has 5 nitrogen and oxygen atoms in total. The summed E-state index contributed by atoms with van der Waals surface area (Å²) in [5.74, 6) is 0. The molecular weight excluding hydrogens is 323 g/mol. The van der Waals surface area contributed by atoms with E-state index in [0.29, 0.717) is 13.1 Å². The SMILES string of the molecule is NCCc1cccc(CO[PH](=O)OCc2cccc(CCN)c2)c1. The Kier molecular flexibility index (Phi) is 8.16. The Morgan fingerprint density at radius 3 is 1.58 bits per heavy atom. The molecule has 130 valence electrons. The quantitative estimate of drug-likeness (QED) is 0.645. The first kappa shape index (κ1) is 18.8. The van der Waals surface area contributed by atoms with Gasteiger partial charge in [-0.05, 0) is 48.2 Å². The zero-order valence-corrected chi connectivity index (χ0v) is 14.7. The van der Waals surface area contributed by atoms with Crippen LogP contribution in [0, 0.1) is 0 Å². The molecule has 0 atom stereocenters. The van der Waals surface area contributed by atoms with Crippen LogP contribution < -0.4 is 11.5 Å². The first-order valence-electron chi connectivity index (χ1n) is 8.06. The molecule has 0 saturated carbocycles. The second-order valence-corrected chi connectivity index (χ2v) is 6.62. The van der Waals surface area contributed by atoms with Crippen LogP contribution in [0.2, 0.25) is 0 Å². The molecule has 0 saturated heterocycles. The Morgan fingerprint density at radius 1 is 0.750 bits per heavy atom. The number of rotatable bonds is 10. The standard InChI is InChI=1S/C18H25N2O3P/c19-9-7-15-3-1-5-17(11-15)13-22-24(21)23-14-18-6-2-4-16(12-18)8-10-20/h1-6,11-12,24H,7-10,13-14,19-20H2. The smallest absolute Gasteiger partial charge is 0.319 e. The molecule has 24 heavy (non-hydrogen) atoms. The van der Waals surface area contributed by atoms with Gasteiger partial charge in [-0.3, -0.25) is 4.57 Å². The van der Waals surface area contributed by atoms with Gasteiger partial charge < -0.3 is 20.5 Å². The van der Waals surface area contributed by atoms with Crippen molar-refractivity contribution >= 4 is 8.25 Å². The molecule has 0 heterocycles. The zero-order valence-electron chi connectivity index (χ0n) is 13.7. The van der Waals surface area contributed by atoms with Crippen LogP contribution in [0.4, 0.5) is 0 Å². The van der Waals surface area contributed by atoms with Crippen LogP contribution in [0.25, 0.3) is 0 Å². The summed E-state index contributed by atoms with van der Waals surface area (Å²) in [7, 11) is -2.53. The van der Waals surface area contributed by atoms with E-state index < -0.39 is 8.25 Å². The van der Waals surface area contributed by atoms with Crippen molar-refractivity contribution in [2.45, 2.75) is 26.1 Å². The maximum atomic E-state index is 11.9. The average Bonchev–Trinajstić information content (AvgIpc) is 2.59. The molecule has 0 aliphatic rings. The zero-order chi connectivity index (χ0) is 17.2. The molecule has 0 radical (unpaired) electrons. The van der Waals surface area contributed by atoms with E-state index in [1.165, 1.54) is 0 Å². The fourth-order valence-electron chi connectivity index (χ4n) is 2.41. The molecule has 0 bridgehead atoms. The van der Waals surface area contributed by atoms with E-state index in [4.69, 9.17) is 20.5 Å². The van der Waals surface area contributed by atoms with Gasteiger partial charge in [0.05, 0.1) is 13.2 Å². The third kappa shape index (κ3) is 6.56. The van der Waals surface area contributed by atoms with E-state index in [0.717, 1.165) is 35.1 Å². The van der Waals surface area contributed by atoms with Gasteiger partial charge >= 0.3 is 8.25 Å².